The van der Waals surface area contributed by atoms with E-state index in [1.54, 1.807) is 0 Å². The molecule has 0 aromatic carbocycles. The van der Waals surface area contributed by atoms with E-state index in [0.29, 0.717) is 0 Å². The summed E-state index contributed by atoms with van der Waals surface area (Å²) >= 11 is 0. The van der Waals surface area contributed by atoms with E-state index in [4.69, 9.17) is 0 Å². The van der Waals surface area contributed by atoms with Crippen LogP contribution in [0.5, 0.6) is 0 Å². The Bertz CT molecular complexity index is 442. The first-order valence-corrected chi connectivity index (χ1v) is 7.96. The van der Waals surface area contributed by atoms with Gasteiger partial charge < -0.3 is 15.1 Å². The van der Waals surface area contributed by atoms with Crippen molar-refractivity contribution in [1.29, 1.82) is 0 Å². The van der Waals surface area contributed by atoms with Crippen LogP contribution in [0.2, 0.25) is 0 Å². The predicted molar refractivity (Wildman–Crippen MR) is 89.8 cm³/mol. The molecule has 1 aromatic heterocycles. The lowest BCUT2D eigenvalue weighted by atomic mass is 10.0. The first-order valence-electron chi connectivity index (χ1n) is 7.96. The van der Waals surface area contributed by atoms with Crippen LogP contribution in [-0.4, -0.2) is 48.6 Å². The second-order valence-electron chi connectivity index (χ2n) is 7.29. The molecule has 21 heavy (non-hydrogen) atoms. The quantitative estimate of drug-likeness (QED) is 0.923. The Morgan fingerprint density at radius 3 is 2.52 bits per heavy atom. The fourth-order valence-electron chi connectivity index (χ4n) is 2.76. The Balaban J connectivity index is 1.95. The maximum atomic E-state index is 4.48. The van der Waals surface area contributed by atoms with Crippen LogP contribution in [0, 0.1) is 0 Å². The van der Waals surface area contributed by atoms with Gasteiger partial charge in [-0.1, -0.05) is 0 Å². The standard InChI is InChI=1S/C17H30N4/c1-17(2,3)19-13-14-12-16(6-9-18-14)21-10-7-15(8-11-21)20(4)5/h6,9,12,15,19H,7-8,10-11,13H2,1-5H3. The topological polar surface area (TPSA) is 31.4 Å². The van der Waals surface area contributed by atoms with E-state index in [9.17, 15) is 0 Å². The highest BCUT2D eigenvalue weighted by Gasteiger charge is 2.21. The van der Waals surface area contributed by atoms with E-state index in [0.717, 1.165) is 31.4 Å². The molecular formula is C17H30N4. The number of rotatable bonds is 4. The largest absolute Gasteiger partial charge is 0.371 e. The summed E-state index contributed by atoms with van der Waals surface area (Å²) in [6, 6.07) is 5.09. The molecule has 4 nitrogen and oxygen atoms in total. The number of pyridine rings is 1. The molecule has 1 aromatic rings. The zero-order valence-corrected chi connectivity index (χ0v) is 14.2. The normalized spacial score (nSPS) is 17.5. The van der Waals surface area contributed by atoms with Gasteiger partial charge in [0.25, 0.3) is 0 Å². The van der Waals surface area contributed by atoms with Gasteiger partial charge in [-0.2, -0.15) is 0 Å². The second-order valence-corrected chi connectivity index (χ2v) is 7.29. The molecule has 0 aliphatic carbocycles. The molecule has 0 radical (unpaired) electrons. The zero-order chi connectivity index (χ0) is 15.5. The van der Waals surface area contributed by atoms with Crippen LogP contribution >= 0.6 is 0 Å². The first-order chi connectivity index (χ1) is 9.85. The molecule has 1 N–H and O–H groups in total. The van der Waals surface area contributed by atoms with Crippen molar-refractivity contribution in [3.8, 4) is 0 Å². The third kappa shape index (κ3) is 4.97. The van der Waals surface area contributed by atoms with E-state index in [2.05, 4.69) is 67.1 Å². The Hall–Kier alpha value is -1.13. The molecule has 0 saturated carbocycles. The van der Waals surface area contributed by atoms with Crippen LogP contribution < -0.4 is 10.2 Å². The second kappa shape index (κ2) is 6.75. The molecule has 0 bridgehead atoms. The van der Waals surface area contributed by atoms with E-state index in [-0.39, 0.29) is 5.54 Å². The molecule has 1 aliphatic rings. The van der Waals surface area contributed by atoms with E-state index in [1.807, 2.05) is 6.20 Å². The Morgan fingerprint density at radius 2 is 1.95 bits per heavy atom. The molecule has 2 heterocycles. The molecule has 118 valence electrons. The molecule has 1 aliphatic heterocycles. The van der Waals surface area contributed by atoms with Crippen molar-refractivity contribution in [3.63, 3.8) is 0 Å². The highest BCUT2D eigenvalue weighted by molar-refractivity contribution is 5.47. The van der Waals surface area contributed by atoms with Crippen molar-refractivity contribution in [2.75, 3.05) is 32.1 Å². The van der Waals surface area contributed by atoms with Crippen molar-refractivity contribution in [2.24, 2.45) is 0 Å². The van der Waals surface area contributed by atoms with Gasteiger partial charge in [-0.05, 0) is 59.8 Å². The van der Waals surface area contributed by atoms with Gasteiger partial charge in [0.15, 0.2) is 0 Å². The molecule has 0 atom stereocenters. The number of hydrogen-bond donors (Lipinski definition) is 1. The number of piperidine rings is 1. The van der Waals surface area contributed by atoms with Gasteiger partial charge in [0.2, 0.25) is 0 Å². The summed E-state index contributed by atoms with van der Waals surface area (Å²) in [6.07, 6.45) is 4.42. The van der Waals surface area contributed by atoms with Crippen molar-refractivity contribution < 1.29 is 0 Å². The molecule has 4 heteroatoms. The Kier molecular flexibility index (Phi) is 5.22. The average Bonchev–Trinajstić information content (AvgIpc) is 2.45. The first kappa shape index (κ1) is 16.2. The lowest BCUT2D eigenvalue weighted by Crippen LogP contribution is -2.42. The van der Waals surface area contributed by atoms with Crippen LogP contribution in [0.25, 0.3) is 0 Å². The lowest BCUT2D eigenvalue weighted by Gasteiger charge is -2.36. The summed E-state index contributed by atoms with van der Waals surface area (Å²) in [7, 11) is 4.37. The minimum atomic E-state index is 0.127. The van der Waals surface area contributed by atoms with E-state index < -0.39 is 0 Å². The SMILES string of the molecule is CN(C)C1CCN(c2ccnc(CNC(C)(C)C)c2)CC1. The molecule has 0 spiro atoms. The summed E-state index contributed by atoms with van der Waals surface area (Å²) in [5.41, 5.74) is 2.56. The third-order valence-electron chi connectivity index (χ3n) is 4.16. The van der Waals surface area contributed by atoms with Crippen LogP contribution in [0.3, 0.4) is 0 Å². The van der Waals surface area contributed by atoms with Gasteiger partial charge in [0.05, 0.1) is 5.69 Å². The minimum Gasteiger partial charge on any atom is -0.371 e. The average molecular weight is 290 g/mol. The highest BCUT2D eigenvalue weighted by Crippen LogP contribution is 2.22. The molecular weight excluding hydrogens is 260 g/mol. The minimum absolute atomic E-state index is 0.127. The van der Waals surface area contributed by atoms with Crippen LogP contribution in [0.1, 0.15) is 39.3 Å². The fraction of sp³-hybridized carbons (Fsp3) is 0.706. The Morgan fingerprint density at radius 1 is 1.29 bits per heavy atom. The summed E-state index contributed by atoms with van der Waals surface area (Å²) in [5, 5.41) is 3.50. The van der Waals surface area contributed by atoms with Gasteiger partial charge in [-0.15, -0.1) is 0 Å². The van der Waals surface area contributed by atoms with Gasteiger partial charge in [0, 0.05) is 43.1 Å². The number of nitrogens with one attached hydrogen (secondary N) is 1. The van der Waals surface area contributed by atoms with Crippen molar-refractivity contribution in [2.45, 2.75) is 51.7 Å². The van der Waals surface area contributed by atoms with Gasteiger partial charge in [0.1, 0.15) is 0 Å². The zero-order valence-electron chi connectivity index (χ0n) is 14.2. The summed E-state index contributed by atoms with van der Waals surface area (Å²) < 4.78 is 0. The maximum Gasteiger partial charge on any atom is 0.0562 e. The smallest absolute Gasteiger partial charge is 0.0562 e. The van der Waals surface area contributed by atoms with Gasteiger partial charge in [-0.3, -0.25) is 4.98 Å². The third-order valence-corrected chi connectivity index (χ3v) is 4.16. The molecule has 0 amide bonds. The highest BCUT2D eigenvalue weighted by atomic mass is 15.2. The lowest BCUT2D eigenvalue weighted by molar-refractivity contribution is 0.249. The van der Waals surface area contributed by atoms with Crippen LogP contribution in [0.4, 0.5) is 5.69 Å². The maximum absolute atomic E-state index is 4.48. The Labute approximate surface area is 129 Å². The summed E-state index contributed by atoms with van der Waals surface area (Å²) in [4.78, 5) is 9.32. The van der Waals surface area contributed by atoms with Crippen molar-refractivity contribution in [3.05, 3.63) is 24.0 Å². The predicted octanol–water partition coefficient (Wildman–Crippen LogP) is 2.50. The molecule has 1 fully saturated rings. The van der Waals surface area contributed by atoms with Crippen LogP contribution in [-0.2, 0) is 6.54 Å². The van der Waals surface area contributed by atoms with Gasteiger partial charge in [-0.25, -0.2) is 0 Å². The molecule has 0 unspecified atom stereocenters. The molecule has 2 rings (SSSR count). The van der Waals surface area contributed by atoms with Crippen molar-refractivity contribution in [1.82, 2.24) is 15.2 Å². The number of aromatic nitrogens is 1. The van der Waals surface area contributed by atoms with Crippen LogP contribution in [0.15, 0.2) is 18.3 Å². The summed E-state index contributed by atoms with van der Waals surface area (Å²) in [5.74, 6) is 0. The van der Waals surface area contributed by atoms with Gasteiger partial charge >= 0.3 is 0 Å². The number of hydrogen-bond acceptors (Lipinski definition) is 4. The summed E-state index contributed by atoms with van der Waals surface area (Å²) in [6.45, 7) is 9.65. The van der Waals surface area contributed by atoms with E-state index in [1.165, 1.54) is 18.5 Å². The monoisotopic (exact) mass is 290 g/mol. The van der Waals surface area contributed by atoms with Crippen molar-refractivity contribution >= 4 is 5.69 Å². The number of nitrogens with zero attached hydrogens (tertiary/aromatic N) is 3. The molecule has 1 saturated heterocycles. The fourth-order valence-corrected chi connectivity index (χ4v) is 2.76. The number of anilines is 1. The van der Waals surface area contributed by atoms with E-state index >= 15 is 0 Å².